The fraction of sp³-hybridized carbons (Fsp3) is 0.556. The van der Waals surface area contributed by atoms with Crippen molar-refractivity contribution in [2.24, 2.45) is 5.92 Å². The highest BCUT2D eigenvalue weighted by Gasteiger charge is 2.35. The molecule has 142 valence electrons. The van der Waals surface area contributed by atoms with Gasteiger partial charge in [0.05, 0.1) is 0 Å². The Morgan fingerprint density at radius 3 is 2.23 bits per heavy atom. The zero-order chi connectivity index (χ0) is 18.7. The van der Waals surface area contributed by atoms with Gasteiger partial charge in [0.1, 0.15) is 18.4 Å². The molecule has 26 heavy (non-hydrogen) atoms. The van der Waals surface area contributed by atoms with E-state index in [-0.39, 0.29) is 23.5 Å². The van der Waals surface area contributed by atoms with E-state index in [1.807, 2.05) is 10.2 Å². The maximum Gasteiger partial charge on any atom is 0.405 e. The van der Waals surface area contributed by atoms with Gasteiger partial charge in [-0.25, -0.2) is 0 Å². The average molecular weight is 370 g/mol. The van der Waals surface area contributed by atoms with Crippen LogP contribution in [0.15, 0.2) is 24.3 Å². The predicted octanol–water partition coefficient (Wildman–Crippen LogP) is 2.76. The molecule has 2 aliphatic rings. The highest BCUT2D eigenvalue weighted by molar-refractivity contribution is 5.94. The van der Waals surface area contributed by atoms with Crippen molar-refractivity contribution in [2.75, 3.05) is 19.6 Å². The Kier molecular flexibility index (Phi) is 5.38. The fourth-order valence-corrected chi connectivity index (χ4v) is 2.94. The molecule has 0 bridgehead atoms. The van der Waals surface area contributed by atoms with Crippen molar-refractivity contribution in [3.8, 4) is 5.75 Å². The molecule has 1 aromatic carbocycles. The summed E-state index contributed by atoms with van der Waals surface area (Å²) in [5.74, 6) is 0.256. The molecule has 1 aliphatic carbocycles. The molecule has 1 N–H and O–H groups in total. The van der Waals surface area contributed by atoms with E-state index in [0.29, 0.717) is 18.8 Å². The average Bonchev–Trinajstić information content (AvgIpc) is 3.45. The highest BCUT2D eigenvalue weighted by atomic mass is 19.4. The molecule has 1 saturated carbocycles. The quantitative estimate of drug-likeness (QED) is 0.867. The maximum atomic E-state index is 12.1. The number of carbonyl (C=O) groups excluding carboxylic acids is 2. The topological polar surface area (TPSA) is 58.6 Å². The van der Waals surface area contributed by atoms with Crippen LogP contribution in [0.3, 0.4) is 0 Å². The van der Waals surface area contributed by atoms with Crippen LogP contribution in [0.25, 0.3) is 0 Å². The molecule has 3 rings (SSSR count). The van der Waals surface area contributed by atoms with Gasteiger partial charge in [0.25, 0.3) is 5.91 Å². The lowest BCUT2D eigenvalue weighted by molar-refractivity contribution is -0.134. The van der Waals surface area contributed by atoms with Crippen LogP contribution in [0.4, 0.5) is 13.2 Å². The molecule has 1 aromatic rings. The van der Waals surface area contributed by atoms with Gasteiger partial charge in [-0.15, -0.1) is 0 Å². The van der Waals surface area contributed by atoms with Crippen molar-refractivity contribution in [1.82, 2.24) is 10.2 Å². The SMILES string of the molecule is O=C(NCC(F)(F)F)c1ccc(OC2CCN(C(=O)C3CC3)CC2)cc1. The summed E-state index contributed by atoms with van der Waals surface area (Å²) in [5.41, 5.74) is 0.145. The molecule has 1 heterocycles. The lowest BCUT2D eigenvalue weighted by Crippen LogP contribution is -2.42. The van der Waals surface area contributed by atoms with Crippen molar-refractivity contribution in [2.45, 2.75) is 38.0 Å². The Morgan fingerprint density at radius 2 is 1.69 bits per heavy atom. The van der Waals surface area contributed by atoms with E-state index in [1.54, 1.807) is 12.1 Å². The zero-order valence-corrected chi connectivity index (χ0v) is 14.2. The molecule has 0 radical (unpaired) electrons. The first-order valence-corrected chi connectivity index (χ1v) is 8.72. The van der Waals surface area contributed by atoms with Gasteiger partial charge in [-0.3, -0.25) is 9.59 Å². The van der Waals surface area contributed by atoms with Crippen LogP contribution in [-0.4, -0.2) is 48.6 Å². The minimum Gasteiger partial charge on any atom is -0.490 e. The van der Waals surface area contributed by atoms with E-state index in [0.717, 1.165) is 25.7 Å². The number of amides is 2. The number of ether oxygens (including phenoxy) is 1. The Balaban J connectivity index is 1.46. The van der Waals surface area contributed by atoms with Crippen molar-refractivity contribution in [3.05, 3.63) is 29.8 Å². The summed E-state index contributed by atoms with van der Waals surface area (Å²) < 4.78 is 42.2. The minimum atomic E-state index is -4.44. The number of piperidine rings is 1. The molecule has 1 saturated heterocycles. The van der Waals surface area contributed by atoms with Gasteiger partial charge in [-0.1, -0.05) is 0 Å². The van der Waals surface area contributed by atoms with Crippen LogP contribution in [-0.2, 0) is 4.79 Å². The molecule has 0 spiro atoms. The Labute approximate surface area is 149 Å². The van der Waals surface area contributed by atoms with Crippen molar-refractivity contribution in [1.29, 1.82) is 0 Å². The minimum absolute atomic E-state index is 0.0110. The van der Waals surface area contributed by atoms with E-state index in [1.165, 1.54) is 12.1 Å². The largest absolute Gasteiger partial charge is 0.490 e. The molecule has 2 amide bonds. The number of nitrogens with zero attached hydrogens (tertiary/aromatic N) is 1. The van der Waals surface area contributed by atoms with E-state index in [2.05, 4.69) is 0 Å². The normalized spacial score (nSPS) is 18.5. The van der Waals surface area contributed by atoms with E-state index < -0.39 is 18.6 Å². The Hall–Kier alpha value is -2.25. The van der Waals surface area contributed by atoms with Gasteiger partial charge < -0.3 is 15.0 Å². The van der Waals surface area contributed by atoms with Gasteiger partial charge in [-0.2, -0.15) is 13.2 Å². The van der Waals surface area contributed by atoms with Gasteiger partial charge >= 0.3 is 6.18 Å². The zero-order valence-electron chi connectivity index (χ0n) is 14.2. The number of rotatable bonds is 5. The molecule has 0 atom stereocenters. The number of benzene rings is 1. The second kappa shape index (κ2) is 7.55. The number of nitrogens with one attached hydrogen (secondary N) is 1. The molecule has 8 heteroatoms. The standard InChI is InChI=1S/C18H21F3N2O3/c19-18(20,21)11-22-16(24)12-3-5-14(6-4-12)26-15-7-9-23(10-8-15)17(25)13-1-2-13/h3-6,13,15H,1-2,7-11H2,(H,22,24). The number of halogens is 3. The van der Waals surface area contributed by atoms with Crippen LogP contribution < -0.4 is 10.1 Å². The van der Waals surface area contributed by atoms with E-state index >= 15 is 0 Å². The van der Waals surface area contributed by atoms with Crippen molar-refractivity contribution in [3.63, 3.8) is 0 Å². The van der Waals surface area contributed by atoms with Crippen LogP contribution in [0, 0.1) is 5.92 Å². The van der Waals surface area contributed by atoms with Gasteiger partial charge in [0, 0.05) is 37.4 Å². The predicted molar refractivity (Wildman–Crippen MR) is 87.8 cm³/mol. The maximum absolute atomic E-state index is 12.1. The third-order valence-electron chi connectivity index (χ3n) is 4.55. The Morgan fingerprint density at radius 1 is 1.08 bits per heavy atom. The summed E-state index contributed by atoms with van der Waals surface area (Å²) in [5, 5.41) is 1.83. The summed E-state index contributed by atoms with van der Waals surface area (Å²) in [6.45, 7) is -0.00189. The number of alkyl halides is 3. The highest BCUT2D eigenvalue weighted by Crippen LogP contribution is 2.32. The van der Waals surface area contributed by atoms with E-state index in [4.69, 9.17) is 4.74 Å². The molecule has 0 unspecified atom stereocenters. The van der Waals surface area contributed by atoms with Gasteiger partial charge in [0.15, 0.2) is 0 Å². The van der Waals surface area contributed by atoms with Crippen molar-refractivity contribution < 1.29 is 27.5 Å². The van der Waals surface area contributed by atoms with Crippen LogP contribution in [0.2, 0.25) is 0 Å². The number of hydrogen-bond donors (Lipinski definition) is 1. The summed E-state index contributed by atoms with van der Waals surface area (Å²) in [6.07, 6.45) is -0.966. The molecule has 0 aromatic heterocycles. The molecule has 1 aliphatic heterocycles. The van der Waals surface area contributed by atoms with Crippen LogP contribution in [0.5, 0.6) is 5.75 Å². The van der Waals surface area contributed by atoms with Crippen molar-refractivity contribution >= 4 is 11.8 Å². The number of likely N-dealkylation sites (tertiary alicyclic amines) is 1. The molecular formula is C18H21F3N2O3. The fourth-order valence-electron chi connectivity index (χ4n) is 2.94. The molecular weight excluding hydrogens is 349 g/mol. The second-order valence-corrected chi connectivity index (χ2v) is 6.74. The third-order valence-corrected chi connectivity index (χ3v) is 4.55. The van der Waals surface area contributed by atoms with Gasteiger partial charge in [0.2, 0.25) is 5.91 Å². The Bertz CT molecular complexity index is 649. The first-order valence-electron chi connectivity index (χ1n) is 8.72. The first-order chi connectivity index (χ1) is 12.3. The lowest BCUT2D eigenvalue weighted by atomic mass is 10.1. The number of carbonyl (C=O) groups is 2. The molecule has 2 fully saturated rings. The first kappa shape index (κ1) is 18.5. The summed E-state index contributed by atoms with van der Waals surface area (Å²) >= 11 is 0. The third kappa shape index (κ3) is 5.12. The number of hydrogen-bond acceptors (Lipinski definition) is 3. The monoisotopic (exact) mass is 370 g/mol. The lowest BCUT2D eigenvalue weighted by Gasteiger charge is -2.32. The second-order valence-electron chi connectivity index (χ2n) is 6.74. The van der Waals surface area contributed by atoms with Crippen LogP contribution in [0.1, 0.15) is 36.0 Å². The van der Waals surface area contributed by atoms with Gasteiger partial charge in [-0.05, 0) is 37.1 Å². The summed E-state index contributed by atoms with van der Waals surface area (Å²) in [7, 11) is 0. The smallest absolute Gasteiger partial charge is 0.405 e. The summed E-state index contributed by atoms with van der Waals surface area (Å²) in [6, 6.07) is 6.02. The van der Waals surface area contributed by atoms with Crippen LogP contribution >= 0.6 is 0 Å². The molecule has 5 nitrogen and oxygen atoms in total. The van der Waals surface area contributed by atoms with E-state index in [9.17, 15) is 22.8 Å². The summed E-state index contributed by atoms with van der Waals surface area (Å²) in [4.78, 5) is 25.6.